The van der Waals surface area contributed by atoms with Gasteiger partial charge in [-0.2, -0.15) is 5.26 Å². The fraction of sp³-hybridized carbons (Fsp3) is 0.226. The van der Waals surface area contributed by atoms with Crippen LogP contribution in [0.4, 0.5) is 0 Å². The van der Waals surface area contributed by atoms with Crippen molar-refractivity contribution in [3.05, 3.63) is 168 Å². The third-order valence-corrected chi connectivity index (χ3v) is 9.23. The Balaban J connectivity index is 0.000000310. The Morgan fingerprint density at radius 2 is 1.47 bits per heavy atom. The van der Waals surface area contributed by atoms with Crippen molar-refractivity contribution in [1.29, 1.82) is 5.26 Å². The Hall–Kier alpha value is -5.66. The van der Waals surface area contributed by atoms with E-state index in [-0.39, 0.29) is 59.5 Å². The number of benzene rings is 5. The van der Waals surface area contributed by atoms with Crippen LogP contribution in [-0.4, -0.2) is 9.97 Å². The second kappa shape index (κ2) is 17.5. The maximum absolute atomic E-state index is 10.2. The minimum Gasteiger partial charge on any atom is -0.499 e. The third-order valence-electron chi connectivity index (χ3n) is 9.23. The average molecular weight is 945 g/mol. The van der Waals surface area contributed by atoms with Crippen LogP contribution in [0.1, 0.15) is 81.7 Å². The number of aromatic nitrogens is 2. The summed E-state index contributed by atoms with van der Waals surface area (Å²) in [7, 11) is 0. The summed E-state index contributed by atoms with van der Waals surface area (Å²) in [6, 6.07) is 41.4. The van der Waals surface area contributed by atoms with Crippen LogP contribution in [0.25, 0.3) is 66.7 Å². The van der Waals surface area contributed by atoms with E-state index < -0.39 is 25.5 Å². The summed E-state index contributed by atoms with van der Waals surface area (Å²) in [5.74, 6) is 0. The maximum atomic E-state index is 10.2. The molecule has 0 atom stereocenters. The van der Waals surface area contributed by atoms with Crippen molar-refractivity contribution in [3.8, 4) is 50.8 Å². The Morgan fingerprint density at radius 1 is 0.707 bits per heavy atom. The van der Waals surface area contributed by atoms with Crippen molar-refractivity contribution in [2.75, 3.05) is 0 Å². The molecular weight excluding hydrogens is 887 g/mol. The van der Waals surface area contributed by atoms with Gasteiger partial charge in [0, 0.05) is 54.4 Å². The number of rotatable bonds is 6. The molecule has 58 heavy (non-hydrogen) atoms. The summed E-state index contributed by atoms with van der Waals surface area (Å²) in [6.45, 7) is 6.50. The summed E-state index contributed by atoms with van der Waals surface area (Å²) in [6.07, 6.45) is 1.98. The molecule has 1 radical (unpaired) electrons. The topological polar surface area (TPSA) is 62.7 Å². The molecule has 0 fully saturated rings. The number of nitriles is 1. The summed E-state index contributed by atoms with van der Waals surface area (Å²) in [5.41, 5.74) is 5.71. The van der Waals surface area contributed by atoms with Crippen LogP contribution in [0.3, 0.4) is 0 Å². The third kappa shape index (κ3) is 9.54. The molecular formula is C53H49IrN3O-2. The number of furan rings is 1. The van der Waals surface area contributed by atoms with Crippen molar-refractivity contribution in [1.82, 2.24) is 9.97 Å². The molecule has 3 heterocycles. The van der Waals surface area contributed by atoms with E-state index in [1.165, 1.54) is 12.3 Å². The molecule has 0 aliphatic rings. The molecule has 8 rings (SSSR count). The first-order chi connectivity index (χ1) is 30.9. The Morgan fingerprint density at radius 3 is 2.14 bits per heavy atom. The van der Waals surface area contributed by atoms with Crippen LogP contribution >= 0.6 is 0 Å². The fourth-order valence-corrected chi connectivity index (χ4v) is 6.86. The molecule has 0 aliphatic heterocycles. The van der Waals surface area contributed by atoms with Crippen LogP contribution in [0, 0.1) is 48.0 Å². The van der Waals surface area contributed by atoms with E-state index in [1.807, 2.05) is 126 Å². The molecule has 0 saturated carbocycles. The zero-order valence-electron chi connectivity index (χ0n) is 42.3. The van der Waals surface area contributed by atoms with Crippen molar-refractivity contribution in [3.63, 3.8) is 0 Å². The van der Waals surface area contributed by atoms with Gasteiger partial charge < -0.3 is 14.4 Å². The average Bonchev–Trinajstić information content (AvgIpc) is 3.64. The molecule has 0 aliphatic carbocycles. The van der Waals surface area contributed by atoms with Crippen LogP contribution in [0.5, 0.6) is 0 Å². The van der Waals surface area contributed by atoms with Crippen molar-refractivity contribution in [2.45, 2.75) is 68.0 Å². The smallest absolute Gasteiger partial charge is 0.139 e. The van der Waals surface area contributed by atoms with Gasteiger partial charge >= 0.3 is 0 Å². The Kier molecular flexibility index (Phi) is 9.43. The van der Waals surface area contributed by atoms with E-state index in [2.05, 4.69) is 28.2 Å². The van der Waals surface area contributed by atoms with E-state index in [9.17, 15) is 5.26 Å². The first kappa shape index (κ1) is 31.3. The van der Waals surface area contributed by atoms with Gasteiger partial charge in [0.2, 0.25) is 0 Å². The molecule has 8 aromatic rings. The molecule has 0 unspecified atom stereocenters. The maximum Gasteiger partial charge on any atom is 0.139 e. The summed E-state index contributed by atoms with van der Waals surface area (Å²) in [4.78, 5) is 8.86. The molecule has 5 aromatic carbocycles. The Labute approximate surface area is 370 Å². The summed E-state index contributed by atoms with van der Waals surface area (Å²) >= 11 is 0. The molecule has 3 aromatic heterocycles. The van der Waals surface area contributed by atoms with Gasteiger partial charge in [0.05, 0.1) is 6.95 Å². The van der Waals surface area contributed by atoms with Gasteiger partial charge in [-0.25, -0.2) is 0 Å². The van der Waals surface area contributed by atoms with Gasteiger partial charge in [-0.05, 0) is 87.7 Å². The predicted molar refractivity (Wildman–Crippen MR) is 236 cm³/mol. The Bertz CT molecular complexity index is 3090. The van der Waals surface area contributed by atoms with Crippen LogP contribution < -0.4 is 0 Å². The number of fused-ring (bicyclic) bond motifs is 3. The standard InChI is InChI=1S/C37H31N2O.C16H18N.Ir/c1-23-18-25(20-37(3,4)5)14-15-27(23)32-19-34(39-22-24(32)2)31-13-9-12-29-30-17-16-28(26-10-7-6-8-11-26)33(21-38)36(30)40-35(29)31;1-16(2,3)11-13-9-10-15(17-12-13)14-7-5-4-6-8-14;/h6-12,14-19,22H,20H2,1-5H3;4-7,9-10,12H,11H2,1-3H3;/q2*-1;/i1D3,2D3,15D;11D2;. The molecule has 293 valence electrons. The normalized spacial score (nSPS) is 14.4. The number of hydrogen-bond acceptors (Lipinski definition) is 4. The van der Waals surface area contributed by atoms with Crippen molar-refractivity contribution >= 4 is 21.9 Å². The van der Waals surface area contributed by atoms with Crippen molar-refractivity contribution < 1.29 is 36.9 Å². The number of nitrogens with zero attached hydrogens (tertiary/aromatic N) is 3. The second-order valence-corrected chi connectivity index (χ2v) is 16.3. The quantitative estimate of drug-likeness (QED) is 0.156. The SMILES string of the molecule is [2H]C([2H])(c1ccc(-c2[c-]cccc2)nc1)C(C)(C)C.[2H]c1cc(CC(C)(C)C)cc(C([2H])([2H])[2H])c1-c1cc(-c2[c-]ccc3c2oc2c(C#N)c(-c4ccccc4)ccc23)ncc1C([2H])([2H])[2H].[Ir]. The van der Waals surface area contributed by atoms with Gasteiger partial charge in [-0.1, -0.05) is 131 Å². The molecule has 0 N–H and O–H groups in total. The van der Waals surface area contributed by atoms with E-state index in [4.69, 9.17) is 16.8 Å². The molecule has 0 amide bonds. The van der Waals surface area contributed by atoms with Gasteiger partial charge in [0.15, 0.2) is 0 Å². The largest absolute Gasteiger partial charge is 0.499 e. The second-order valence-electron chi connectivity index (χ2n) is 16.3. The first-order valence-electron chi connectivity index (χ1n) is 23.3. The predicted octanol–water partition coefficient (Wildman–Crippen LogP) is 14.0. The molecule has 5 heteroatoms. The number of hydrogen-bond donors (Lipinski definition) is 0. The number of pyridine rings is 2. The van der Waals surface area contributed by atoms with Gasteiger partial charge in [-0.3, -0.25) is 0 Å². The molecule has 4 nitrogen and oxygen atoms in total. The molecule has 0 bridgehead atoms. The zero-order valence-corrected chi connectivity index (χ0v) is 35.7. The van der Waals surface area contributed by atoms with Crippen molar-refractivity contribution in [2.24, 2.45) is 10.8 Å². The first-order valence-corrected chi connectivity index (χ1v) is 18.8. The van der Waals surface area contributed by atoms with E-state index in [1.54, 1.807) is 24.4 Å². The van der Waals surface area contributed by atoms with Crippen LogP contribution in [0.2, 0.25) is 0 Å². The molecule has 0 spiro atoms. The fourth-order valence-electron chi connectivity index (χ4n) is 6.86. The van der Waals surface area contributed by atoms with Gasteiger partial charge in [0.25, 0.3) is 0 Å². The monoisotopic (exact) mass is 945 g/mol. The van der Waals surface area contributed by atoms with Crippen LogP contribution in [-0.2, 0) is 32.9 Å². The molecule has 0 saturated heterocycles. The zero-order chi connectivity index (χ0) is 48.0. The minimum atomic E-state index is -2.64. The van der Waals surface area contributed by atoms with E-state index in [0.717, 1.165) is 27.8 Å². The van der Waals surface area contributed by atoms with Gasteiger partial charge in [-0.15, -0.1) is 54.1 Å². The van der Waals surface area contributed by atoms with E-state index in [0.29, 0.717) is 45.2 Å². The minimum absolute atomic E-state index is 0. The summed E-state index contributed by atoms with van der Waals surface area (Å²) < 4.78 is 81.7. The summed E-state index contributed by atoms with van der Waals surface area (Å²) in [5, 5.41) is 11.6. The number of aryl methyl sites for hydroxylation is 2. The van der Waals surface area contributed by atoms with Crippen LogP contribution in [0.15, 0.2) is 132 Å². The van der Waals surface area contributed by atoms with E-state index >= 15 is 0 Å². The van der Waals surface area contributed by atoms with Gasteiger partial charge in [0.1, 0.15) is 17.2 Å².